The van der Waals surface area contributed by atoms with E-state index >= 15 is 0 Å². The number of hydrogen-bond donors (Lipinski definition) is 1. The lowest BCUT2D eigenvalue weighted by atomic mass is 10.0. The highest BCUT2D eigenvalue weighted by molar-refractivity contribution is 5.33. The van der Waals surface area contributed by atoms with E-state index in [1.54, 1.807) is 0 Å². The number of hydrogen-bond acceptors (Lipinski definition) is 2. The lowest BCUT2D eigenvalue weighted by molar-refractivity contribution is 0.566. The Labute approximate surface area is 122 Å². The third-order valence-electron chi connectivity index (χ3n) is 3.43. The van der Waals surface area contributed by atoms with Gasteiger partial charge in [-0.3, -0.25) is 0 Å². The summed E-state index contributed by atoms with van der Waals surface area (Å²) in [7, 11) is 0. The average molecular weight is 271 g/mol. The number of benzene rings is 1. The smallest absolute Gasteiger partial charge is 0.203 e. The Bertz CT molecular complexity index is 528. The summed E-state index contributed by atoms with van der Waals surface area (Å²) in [5.74, 6) is 1.59. The highest BCUT2D eigenvalue weighted by Crippen LogP contribution is 2.26. The van der Waals surface area contributed by atoms with E-state index in [2.05, 4.69) is 79.1 Å². The lowest BCUT2D eigenvalue weighted by Gasteiger charge is -2.20. The second-order valence-corrected chi connectivity index (χ2v) is 5.72. The Kier molecular flexibility index (Phi) is 4.83. The molecule has 0 radical (unpaired) electrons. The third kappa shape index (κ3) is 3.41. The molecule has 1 heterocycles. The van der Waals surface area contributed by atoms with Crippen LogP contribution in [0.15, 0.2) is 36.5 Å². The quantitative estimate of drug-likeness (QED) is 0.850. The predicted molar refractivity (Wildman–Crippen MR) is 85.2 cm³/mol. The van der Waals surface area contributed by atoms with Gasteiger partial charge in [-0.05, 0) is 24.8 Å². The summed E-state index contributed by atoms with van der Waals surface area (Å²) in [6.45, 7) is 9.64. The minimum Gasteiger partial charge on any atom is -0.355 e. The Balaban J connectivity index is 2.30. The van der Waals surface area contributed by atoms with Gasteiger partial charge in [-0.15, -0.1) is 0 Å². The largest absolute Gasteiger partial charge is 0.355 e. The summed E-state index contributed by atoms with van der Waals surface area (Å²) >= 11 is 0. The van der Waals surface area contributed by atoms with Crippen molar-refractivity contribution in [3.63, 3.8) is 0 Å². The van der Waals surface area contributed by atoms with E-state index in [-0.39, 0.29) is 0 Å². The maximum atomic E-state index is 4.63. The first-order valence-electron chi connectivity index (χ1n) is 7.46. The van der Waals surface area contributed by atoms with Gasteiger partial charge in [0.15, 0.2) is 0 Å². The van der Waals surface area contributed by atoms with Crippen LogP contribution in [0.1, 0.15) is 44.5 Å². The maximum Gasteiger partial charge on any atom is 0.203 e. The fourth-order valence-corrected chi connectivity index (χ4v) is 2.45. The fourth-order valence-electron chi connectivity index (χ4n) is 2.45. The van der Waals surface area contributed by atoms with Gasteiger partial charge in [0.05, 0.1) is 11.7 Å². The SMILES string of the molecule is CCC(c1ccccc1)n1cc(C)nc1NCC(C)C. The van der Waals surface area contributed by atoms with Crippen molar-refractivity contribution < 1.29 is 0 Å². The van der Waals surface area contributed by atoms with Crippen molar-refractivity contribution in [3.8, 4) is 0 Å². The van der Waals surface area contributed by atoms with E-state index in [1.165, 1.54) is 5.56 Å². The molecule has 20 heavy (non-hydrogen) atoms. The van der Waals surface area contributed by atoms with Gasteiger partial charge in [-0.25, -0.2) is 4.98 Å². The van der Waals surface area contributed by atoms with Crippen LogP contribution in [-0.4, -0.2) is 16.1 Å². The number of aromatic nitrogens is 2. The zero-order chi connectivity index (χ0) is 14.5. The molecule has 0 aliphatic carbocycles. The van der Waals surface area contributed by atoms with Gasteiger partial charge in [-0.1, -0.05) is 51.1 Å². The molecular weight excluding hydrogens is 246 g/mol. The van der Waals surface area contributed by atoms with Crippen LogP contribution in [0.2, 0.25) is 0 Å². The first-order valence-corrected chi connectivity index (χ1v) is 7.46. The van der Waals surface area contributed by atoms with Crippen molar-refractivity contribution >= 4 is 5.95 Å². The number of nitrogens with one attached hydrogen (secondary N) is 1. The Hall–Kier alpha value is -1.77. The first kappa shape index (κ1) is 14.6. The van der Waals surface area contributed by atoms with Gasteiger partial charge >= 0.3 is 0 Å². The van der Waals surface area contributed by atoms with E-state index in [9.17, 15) is 0 Å². The predicted octanol–water partition coefficient (Wildman–Crippen LogP) is 4.26. The highest BCUT2D eigenvalue weighted by atomic mass is 15.2. The van der Waals surface area contributed by atoms with Gasteiger partial charge in [0.1, 0.15) is 0 Å². The topological polar surface area (TPSA) is 29.9 Å². The molecule has 0 aliphatic rings. The van der Waals surface area contributed by atoms with Crippen LogP contribution in [-0.2, 0) is 0 Å². The van der Waals surface area contributed by atoms with Crippen LogP contribution in [0.3, 0.4) is 0 Å². The van der Waals surface area contributed by atoms with Crippen molar-refractivity contribution in [1.29, 1.82) is 0 Å². The number of imidazole rings is 1. The molecule has 2 rings (SSSR count). The van der Waals surface area contributed by atoms with Crippen molar-refractivity contribution in [3.05, 3.63) is 47.8 Å². The highest BCUT2D eigenvalue weighted by Gasteiger charge is 2.16. The zero-order valence-corrected chi connectivity index (χ0v) is 12.9. The fraction of sp³-hybridized carbons (Fsp3) is 0.471. The lowest BCUT2D eigenvalue weighted by Crippen LogP contribution is -2.16. The molecule has 1 aromatic heterocycles. The minimum atomic E-state index is 0.340. The molecule has 0 saturated heterocycles. The van der Waals surface area contributed by atoms with E-state index in [4.69, 9.17) is 0 Å². The van der Waals surface area contributed by atoms with E-state index in [0.29, 0.717) is 12.0 Å². The first-order chi connectivity index (χ1) is 9.61. The normalized spacial score (nSPS) is 12.7. The summed E-state index contributed by atoms with van der Waals surface area (Å²) in [6, 6.07) is 11.0. The van der Waals surface area contributed by atoms with Crippen LogP contribution in [0, 0.1) is 12.8 Å². The molecule has 1 unspecified atom stereocenters. The van der Waals surface area contributed by atoms with Crippen LogP contribution in [0.25, 0.3) is 0 Å². The molecular formula is C17H25N3. The van der Waals surface area contributed by atoms with Gasteiger partial charge in [-0.2, -0.15) is 0 Å². The third-order valence-corrected chi connectivity index (χ3v) is 3.43. The van der Waals surface area contributed by atoms with E-state index < -0.39 is 0 Å². The summed E-state index contributed by atoms with van der Waals surface area (Å²) < 4.78 is 2.27. The second-order valence-electron chi connectivity index (χ2n) is 5.72. The number of aryl methyl sites for hydroxylation is 1. The molecule has 2 aromatic rings. The monoisotopic (exact) mass is 271 g/mol. The van der Waals surface area contributed by atoms with Crippen LogP contribution < -0.4 is 5.32 Å². The number of rotatable bonds is 6. The van der Waals surface area contributed by atoms with E-state index in [0.717, 1.165) is 24.6 Å². The van der Waals surface area contributed by atoms with Crippen molar-refractivity contribution in [2.45, 2.75) is 40.2 Å². The molecule has 0 amide bonds. The minimum absolute atomic E-state index is 0.340. The Morgan fingerprint density at radius 2 is 1.90 bits per heavy atom. The number of nitrogens with zero attached hydrogens (tertiary/aromatic N) is 2. The molecule has 1 aromatic carbocycles. The zero-order valence-electron chi connectivity index (χ0n) is 12.9. The Morgan fingerprint density at radius 3 is 2.50 bits per heavy atom. The van der Waals surface area contributed by atoms with Crippen LogP contribution >= 0.6 is 0 Å². The molecule has 108 valence electrons. The van der Waals surface area contributed by atoms with Crippen molar-refractivity contribution in [2.24, 2.45) is 5.92 Å². The average Bonchev–Trinajstić information content (AvgIpc) is 2.80. The van der Waals surface area contributed by atoms with Gasteiger partial charge in [0.2, 0.25) is 5.95 Å². The molecule has 0 bridgehead atoms. The van der Waals surface area contributed by atoms with Gasteiger partial charge < -0.3 is 9.88 Å². The van der Waals surface area contributed by atoms with Gasteiger partial charge in [0.25, 0.3) is 0 Å². The number of anilines is 1. The second kappa shape index (κ2) is 6.60. The Morgan fingerprint density at radius 1 is 1.20 bits per heavy atom. The molecule has 0 spiro atoms. The molecule has 3 heteroatoms. The summed E-state index contributed by atoms with van der Waals surface area (Å²) in [5.41, 5.74) is 2.39. The maximum absolute atomic E-state index is 4.63. The molecule has 1 N–H and O–H groups in total. The van der Waals surface area contributed by atoms with Crippen molar-refractivity contribution in [2.75, 3.05) is 11.9 Å². The molecule has 0 saturated carbocycles. The summed E-state index contributed by atoms with van der Waals surface area (Å²) in [6.07, 6.45) is 3.19. The molecule has 0 aliphatic heterocycles. The summed E-state index contributed by atoms with van der Waals surface area (Å²) in [5, 5.41) is 3.47. The molecule has 1 atom stereocenters. The molecule has 0 fully saturated rings. The van der Waals surface area contributed by atoms with Gasteiger partial charge in [0, 0.05) is 12.7 Å². The standard InChI is InChI=1S/C17H25N3/c1-5-16(15-9-7-6-8-10-15)20-12-14(4)19-17(20)18-11-13(2)3/h6-10,12-13,16H,5,11H2,1-4H3,(H,18,19). The summed E-state index contributed by atoms with van der Waals surface area (Å²) in [4.78, 5) is 4.63. The van der Waals surface area contributed by atoms with Crippen LogP contribution in [0.5, 0.6) is 0 Å². The van der Waals surface area contributed by atoms with Crippen molar-refractivity contribution in [1.82, 2.24) is 9.55 Å². The van der Waals surface area contributed by atoms with E-state index in [1.807, 2.05) is 0 Å². The van der Waals surface area contributed by atoms with Crippen LogP contribution in [0.4, 0.5) is 5.95 Å². The molecule has 3 nitrogen and oxygen atoms in total.